The number of nitrogens with zero attached hydrogens (tertiary/aromatic N) is 1. The van der Waals surface area contributed by atoms with Crippen molar-refractivity contribution < 1.29 is 19.4 Å². The van der Waals surface area contributed by atoms with Crippen LogP contribution in [-0.2, 0) is 6.42 Å². The second kappa shape index (κ2) is 6.56. The number of carbonyl (C=O) groups is 1. The maximum Gasteiger partial charge on any atom is 0.335 e. The number of pyridine rings is 1. The molecule has 0 radical (unpaired) electrons. The summed E-state index contributed by atoms with van der Waals surface area (Å²) >= 11 is 0. The molecule has 1 aromatic carbocycles. The molecular formula is C15H15NO4. The van der Waals surface area contributed by atoms with Crippen molar-refractivity contribution >= 4 is 5.97 Å². The monoisotopic (exact) mass is 273 g/mol. The van der Waals surface area contributed by atoms with Gasteiger partial charge >= 0.3 is 5.97 Å². The maximum absolute atomic E-state index is 10.9. The second-order valence-corrected chi connectivity index (χ2v) is 4.09. The molecule has 2 aromatic rings. The molecule has 0 bridgehead atoms. The topological polar surface area (TPSA) is 68.7 Å². The minimum absolute atomic E-state index is 0.165. The van der Waals surface area contributed by atoms with Crippen LogP contribution in [0.25, 0.3) is 0 Å². The predicted molar refractivity (Wildman–Crippen MR) is 73.4 cm³/mol. The van der Waals surface area contributed by atoms with Crippen LogP contribution in [0.4, 0.5) is 0 Å². The van der Waals surface area contributed by atoms with Crippen LogP contribution >= 0.6 is 0 Å². The molecular weight excluding hydrogens is 258 g/mol. The molecule has 0 atom stereocenters. The summed E-state index contributed by atoms with van der Waals surface area (Å²) in [4.78, 5) is 15.1. The van der Waals surface area contributed by atoms with Crippen molar-refractivity contribution in [3.8, 4) is 11.5 Å². The third kappa shape index (κ3) is 3.47. The summed E-state index contributed by atoms with van der Waals surface area (Å²) in [7, 11) is 1.52. The van der Waals surface area contributed by atoms with Gasteiger partial charge in [0.05, 0.1) is 19.3 Å². The Kier molecular flexibility index (Phi) is 4.55. The van der Waals surface area contributed by atoms with Gasteiger partial charge in [0.25, 0.3) is 0 Å². The van der Waals surface area contributed by atoms with Crippen LogP contribution in [-0.4, -0.2) is 29.8 Å². The minimum Gasteiger partial charge on any atom is -0.493 e. The van der Waals surface area contributed by atoms with Crippen LogP contribution < -0.4 is 9.47 Å². The summed E-state index contributed by atoms with van der Waals surface area (Å²) in [6.07, 6.45) is 2.36. The van der Waals surface area contributed by atoms with E-state index in [9.17, 15) is 4.79 Å². The van der Waals surface area contributed by atoms with Crippen LogP contribution in [0, 0.1) is 0 Å². The molecule has 0 saturated heterocycles. The van der Waals surface area contributed by atoms with Crippen molar-refractivity contribution in [2.45, 2.75) is 6.42 Å². The third-order valence-electron chi connectivity index (χ3n) is 2.75. The van der Waals surface area contributed by atoms with Gasteiger partial charge in [0.15, 0.2) is 11.5 Å². The van der Waals surface area contributed by atoms with Crippen LogP contribution in [0.15, 0.2) is 42.6 Å². The molecule has 1 N–H and O–H groups in total. The van der Waals surface area contributed by atoms with Gasteiger partial charge in [-0.15, -0.1) is 0 Å². The Balaban J connectivity index is 2.04. The number of hydrogen-bond acceptors (Lipinski definition) is 4. The third-order valence-corrected chi connectivity index (χ3v) is 2.75. The lowest BCUT2D eigenvalue weighted by atomic mass is 10.2. The van der Waals surface area contributed by atoms with Crippen LogP contribution in [0.2, 0.25) is 0 Å². The van der Waals surface area contributed by atoms with E-state index in [1.807, 2.05) is 18.2 Å². The molecule has 5 heteroatoms. The molecule has 0 amide bonds. The van der Waals surface area contributed by atoms with Crippen molar-refractivity contribution in [3.63, 3.8) is 0 Å². The van der Waals surface area contributed by atoms with Gasteiger partial charge in [-0.1, -0.05) is 6.07 Å². The van der Waals surface area contributed by atoms with Gasteiger partial charge in [0.2, 0.25) is 0 Å². The summed E-state index contributed by atoms with van der Waals surface area (Å²) < 4.78 is 10.7. The maximum atomic E-state index is 10.9. The molecule has 1 aromatic heterocycles. The Hall–Kier alpha value is -2.56. The molecule has 0 saturated carbocycles. The van der Waals surface area contributed by atoms with Crippen molar-refractivity contribution in [1.82, 2.24) is 4.98 Å². The lowest BCUT2D eigenvalue weighted by Gasteiger charge is -2.11. The molecule has 20 heavy (non-hydrogen) atoms. The van der Waals surface area contributed by atoms with Gasteiger partial charge in [-0.2, -0.15) is 0 Å². The smallest absolute Gasteiger partial charge is 0.335 e. The number of ether oxygens (including phenoxy) is 2. The van der Waals surface area contributed by atoms with E-state index in [2.05, 4.69) is 4.98 Å². The lowest BCUT2D eigenvalue weighted by Crippen LogP contribution is -2.05. The SMILES string of the molecule is COc1ccc(C(=O)O)cc1OCCc1ccccn1. The predicted octanol–water partition coefficient (Wildman–Crippen LogP) is 2.41. The largest absolute Gasteiger partial charge is 0.493 e. The van der Waals surface area contributed by atoms with Crippen LogP contribution in [0.5, 0.6) is 11.5 Å². The Morgan fingerprint density at radius 2 is 2.10 bits per heavy atom. The highest BCUT2D eigenvalue weighted by Gasteiger charge is 2.10. The summed E-state index contributed by atoms with van der Waals surface area (Å²) in [6.45, 7) is 0.399. The summed E-state index contributed by atoms with van der Waals surface area (Å²) in [5.41, 5.74) is 1.08. The number of benzene rings is 1. The number of aromatic carboxylic acids is 1. The van der Waals surface area contributed by atoms with Gasteiger partial charge in [-0.3, -0.25) is 4.98 Å². The van der Waals surface area contributed by atoms with Crippen molar-refractivity contribution in [1.29, 1.82) is 0 Å². The fraction of sp³-hybridized carbons (Fsp3) is 0.200. The summed E-state index contributed by atoms with van der Waals surface area (Å²) in [5.74, 6) is -0.0680. The summed E-state index contributed by atoms with van der Waals surface area (Å²) in [5, 5.41) is 8.97. The van der Waals surface area contributed by atoms with Gasteiger partial charge in [-0.05, 0) is 30.3 Å². The number of carboxylic acid groups (broad SMARTS) is 1. The first-order valence-corrected chi connectivity index (χ1v) is 6.14. The second-order valence-electron chi connectivity index (χ2n) is 4.09. The van der Waals surface area contributed by atoms with Gasteiger partial charge < -0.3 is 14.6 Å². The van der Waals surface area contributed by atoms with E-state index < -0.39 is 5.97 Å². The van der Waals surface area contributed by atoms with E-state index in [4.69, 9.17) is 14.6 Å². The number of rotatable bonds is 6. The number of aromatic nitrogens is 1. The fourth-order valence-corrected chi connectivity index (χ4v) is 1.73. The minimum atomic E-state index is -0.998. The van der Waals surface area contributed by atoms with E-state index in [1.54, 1.807) is 12.3 Å². The van der Waals surface area contributed by atoms with E-state index in [0.29, 0.717) is 24.5 Å². The zero-order valence-electron chi connectivity index (χ0n) is 11.1. The molecule has 0 aliphatic rings. The Morgan fingerprint density at radius 3 is 2.75 bits per heavy atom. The highest BCUT2D eigenvalue weighted by atomic mass is 16.5. The van der Waals surface area contributed by atoms with Gasteiger partial charge in [0.1, 0.15) is 0 Å². The number of methoxy groups -OCH3 is 1. The zero-order valence-corrected chi connectivity index (χ0v) is 11.1. The standard InChI is InChI=1S/C15H15NO4/c1-19-13-6-5-11(15(17)18)10-14(13)20-9-7-12-4-2-3-8-16-12/h2-6,8,10H,7,9H2,1H3,(H,17,18). The average molecular weight is 273 g/mol. The van der Waals surface area contributed by atoms with E-state index >= 15 is 0 Å². The van der Waals surface area contributed by atoms with Gasteiger partial charge in [-0.25, -0.2) is 4.79 Å². The molecule has 0 aliphatic carbocycles. The highest BCUT2D eigenvalue weighted by molar-refractivity contribution is 5.88. The Labute approximate surface area is 116 Å². The van der Waals surface area contributed by atoms with Crippen LogP contribution in [0.3, 0.4) is 0 Å². The van der Waals surface area contributed by atoms with Crippen molar-refractivity contribution in [3.05, 3.63) is 53.9 Å². The summed E-state index contributed by atoms with van der Waals surface area (Å²) in [6, 6.07) is 10.2. The molecule has 0 aliphatic heterocycles. The molecule has 2 rings (SSSR count). The molecule has 0 fully saturated rings. The molecule has 5 nitrogen and oxygen atoms in total. The first-order valence-electron chi connectivity index (χ1n) is 6.14. The highest BCUT2D eigenvalue weighted by Crippen LogP contribution is 2.28. The van der Waals surface area contributed by atoms with E-state index in [1.165, 1.54) is 19.2 Å². The van der Waals surface area contributed by atoms with Crippen molar-refractivity contribution in [2.24, 2.45) is 0 Å². The Bertz CT molecular complexity index is 584. The molecule has 1 heterocycles. The zero-order chi connectivity index (χ0) is 14.4. The Morgan fingerprint density at radius 1 is 1.25 bits per heavy atom. The number of carboxylic acids is 1. The average Bonchev–Trinajstić information content (AvgIpc) is 2.48. The van der Waals surface area contributed by atoms with E-state index in [-0.39, 0.29) is 5.56 Å². The molecule has 0 unspecified atom stereocenters. The first-order chi connectivity index (χ1) is 9.70. The van der Waals surface area contributed by atoms with Gasteiger partial charge in [0, 0.05) is 18.3 Å². The van der Waals surface area contributed by atoms with E-state index in [0.717, 1.165) is 5.69 Å². The first kappa shape index (κ1) is 13.9. The molecule has 104 valence electrons. The molecule has 0 spiro atoms. The quantitative estimate of drug-likeness (QED) is 0.875. The van der Waals surface area contributed by atoms with Crippen molar-refractivity contribution in [2.75, 3.05) is 13.7 Å². The number of hydrogen-bond donors (Lipinski definition) is 1. The van der Waals surface area contributed by atoms with Crippen LogP contribution in [0.1, 0.15) is 16.1 Å². The normalized spacial score (nSPS) is 10.1. The lowest BCUT2D eigenvalue weighted by molar-refractivity contribution is 0.0696. The fourth-order valence-electron chi connectivity index (χ4n) is 1.73.